The second kappa shape index (κ2) is 7.00. The van der Waals surface area contributed by atoms with Crippen LogP contribution in [0.2, 0.25) is 0 Å². The lowest BCUT2D eigenvalue weighted by Crippen LogP contribution is -2.51. The second-order valence-corrected chi connectivity index (χ2v) is 5.68. The zero-order valence-electron chi connectivity index (χ0n) is 13.3. The molecule has 21 heavy (non-hydrogen) atoms. The number of piperazine rings is 1. The highest BCUT2D eigenvalue weighted by molar-refractivity contribution is 5.78. The van der Waals surface area contributed by atoms with Gasteiger partial charge in [-0.25, -0.2) is 0 Å². The van der Waals surface area contributed by atoms with Gasteiger partial charge in [0.2, 0.25) is 11.8 Å². The summed E-state index contributed by atoms with van der Waals surface area (Å²) in [5, 5.41) is 6.89. The molecule has 1 aromatic heterocycles. The van der Waals surface area contributed by atoms with E-state index in [-0.39, 0.29) is 17.9 Å². The molecule has 0 aromatic carbocycles. The molecule has 2 atom stereocenters. The fourth-order valence-corrected chi connectivity index (χ4v) is 2.67. The molecular formula is C14H25N5O2. The number of aromatic nitrogens is 2. The van der Waals surface area contributed by atoms with Crippen molar-refractivity contribution in [2.75, 3.05) is 39.8 Å². The van der Waals surface area contributed by atoms with Gasteiger partial charge in [-0.2, -0.15) is 4.98 Å². The van der Waals surface area contributed by atoms with Crippen LogP contribution >= 0.6 is 0 Å². The van der Waals surface area contributed by atoms with Gasteiger partial charge in [0.15, 0.2) is 5.82 Å². The molecule has 2 heterocycles. The summed E-state index contributed by atoms with van der Waals surface area (Å²) in [5.41, 5.74) is 0. The van der Waals surface area contributed by atoms with Gasteiger partial charge in [-0.3, -0.25) is 9.69 Å². The molecule has 0 spiro atoms. The lowest BCUT2D eigenvalue weighted by Gasteiger charge is -2.37. The normalized spacial score (nSPS) is 19.5. The summed E-state index contributed by atoms with van der Waals surface area (Å²) in [6.07, 6.45) is 0. The van der Waals surface area contributed by atoms with Crippen LogP contribution in [0.15, 0.2) is 4.52 Å². The molecule has 1 saturated heterocycles. The van der Waals surface area contributed by atoms with Gasteiger partial charge in [0.25, 0.3) is 0 Å². The number of carbonyl (C=O) groups excluding carboxylic acids is 1. The first kappa shape index (κ1) is 15.9. The number of carbonyl (C=O) groups is 1. The van der Waals surface area contributed by atoms with Gasteiger partial charge < -0.3 is 14.7 Å². The fourth-order valence-electron chi connectivity index (χ4n) is 2.67. The highest BCUT2D eigenvalue weighted by Gasteiger charge is 2.28. The Labute approximate surface area is 125 Å². The maximum atomic E-state index is 12.3. The Balaban J connectivity index is 1.87. The molecule has 1 fully saturated rings. The van der Waals surface area contributed by atoms with Crippen molar-refractivity contribution in [2.45, 2.75) is 26.8 Å². The summed E-state index contributed by atoms with van der Waals surface area (Å²) >= 11 is 0. The molecule has 7 nitrogen and oxygen atoms in total. The summed E-state index contributed by atoms with van der Waals surface area (Å²) in [7, 11) is 1.87. The van der Waals surface area contributed by atoms with Crippen LogP contribution in [0.5, 0.6) is 0 Å². The summed E-state index contributed by atoms with van der Waals surface area (Å²) < 4.78 is 5.23. The van der Waals surface area contributed by atoms with Crippen LogP contribution in [0.4, 0.5) is 0 Å². The van der Waals surface area contributed by atoms with Gasteiger partial charge in [0.05, 0.1) is 6.04 Å². The first-order valence-electron chi connectivity index (χ1n) is 7.50. The predicted octanol–water partition coefficient (Wildman–Crippen LogP) is 0.439. The highest BCUT2D eigenvalue weighted by atomic mass is 16.5. The van der Waals surface area contributed by atoms with Crippen LogP contribution in [-0.4, -0.2) is 65.6 Å². The number of nitrogens with one attached hydrogen (secondary N) is 1. The lowest BCUT2D eigenvalue weighted by molar-refractivity contribution is -0.137. The van der Waals surface area contributed by atoms with E-state index in [1.165, 1.54) is 0 Å². The molecule has 118 valence electrons. The molecule has 2 rings (SSSR count). The summed E-state index contributed by atoms with van der Waals surface area (Å²) in [4.78, 5) is 20.8. The van der Waals surface area contributed by atoms with Crippen LogP contribution in [0.25, 0.3) is 0 Å². The third-order valence-corrected chi connectivity index (χ3v) is 4.01. The molecule has 1 amide bonds. The Morgan fingerprint density at radius 3 is 2.52 bits per heavy atom. The molecule has 7 heteroatoms. The minimum atomic E-state index is 0.0255. The van der Waals surface area contributed by atoms with Gasteiger partial charge in [-0.15, -0.1) is 0 Å². The van der Waals surface area contributed by atoms with Crippen LogP contribution in [0.1, 0.15) is 31.6 Å². The quantitative estimate of drug-likeness (QED) is 0.849. The molecule has 0 radical (unpaired) electrons. The average Bonchev–Trinajstić information content (AvgIpc) is 2.92. The van der Waals surface area contributed by atoms with Gasteiger partial charge >= 0.3 is 0 Å². The maximum absolute atomic E-state index is 12.3. The smallest absolute Gasteiger partial charge is 0.243 e. The van der Waals surface area contributed by atoms with Crippen LogP contribution < -0.4 is 5.32 Å². The summed E-state index contributed by atoms with van der Waals surface area (Å²) in [6.45, 7) is 9.75. The Hall–Kier alpha value is -1.47. The van der Waals surface area contributed by atoms with Crippen molar-refractivity contribution in [1.29, 1.82) is 0 Å². The average molecular weight is 295 g/mol. The van der Waals surface area contributed by atoms with E-state index in [0.29, 0.717) is 11.7 Å². The van der Waals surface area contributed by atoms with Crippen molar-refractivity contribution < 1.29 is 9.32 Å². The Morgan fingerprint density at radius 1 is 1.33 bits per heavy atom. The predicted molar refractivity (Wildman–Crippen MR) is 78.7 cm³/mol. The van der Waals surface area contributed by atoms with Crippen molar-refractivity contribution in [2.24, 2.45) is 5.92 Å². The first-order chi connectivity index (χ1) is 10.0. The zero-order chi connectivity index (χ0) is 15.4. The topological polar surface area (TPSA) is 74.5 Å². The van der Waals surface area contributed by atoms with Crippen molar-refractivity contribution in [1.82, 2.24) is 25.3 Å². The van der Waals surface area contributed by atoms with Crippen molar-refractivity contribution in [3.8, 4) is 0 Å². The molecule has 1 N–H and O–H groups in total. The zero-order valence-corrected chi connectivity index (χ0v) is 13.3. The Kier molecular flexibility index (Phi) is 5.30. The first-order valence-corrected chi connectivity index (χ1v) is 7.50. The van der Waals surface area contributed by atoms with Gasteiger partial charge in [0.1, 0.15) is 0 Å². The molecular weight excluding hydrogens is 270 g/mol. The van der Waals surface area contributed by atoms with Crippen molar-refractivity contribution >= 4 is 5.91 Å². The van der Waals surface area contributed by atoms with Crippen molar-refractivity contribution in [3.05, 3.63) is 11.7 Å². The summed E-state index contributed by atoms with van der Waals surface area (Å²) in [6, 6.07) is 0.0955. The van der Waals surface area contributed by atoms with E-state index in [9.17, 15) is 4.79 Å². The fraction of sp³-hybridized carbons (Fsp3) is 0.786. The number of nitrogens with zero attached hydrogens (tertiary/aromatic N) is 4. The minimum absolute atomic E-state index is 0.0255. The third-order valence-electron chi connectivity index (χ3n) is 4.01. The Bertz CT molecular complexity index is 468. The largest absolute Gasteiger partial charge is 0.340 e. The highest BCUT2D eigenvalue weighted by Crippen LogP contribution is 2.20. The van der Waals surface area contributed by atoms with E-state index in [0.717, 1.165) is 32.7 Å². The molecule has 1 aliphatic heterocycles. The number of aryl methyl sites for hydroxylation is 1. The Morgan fingerprint density at radius 2 is 2.00 bits per heavy atom. The molecule has 0 bridgehead atoms. The SMILES string of the molecule is CNCC(C)C(=O)N1CCN(C(C)c2nc(C)no2)CC1. The molecule has 1 aromatic rings. The van der Waals surface area contributed by atoms with Crippen LogP contribution in [0.3, 0.4) is 0 Å². The van der Waals surface area contributed by atoms with E-state index in [1.807, 2.05) is 25.8 Å². The van der Waals surface area contributed by atoms with E-state index >= 15 is 0 Å². The van der Waals surface area contributed by atoms with E-state index in [1.54, 1.807) is 0 Å². The second-order valence-electron chi connectivity index (χ2n) is 5.68. The number of hydrogen-bond acceptors (Lipinski definition) is 6. The van der Waals surface area contributed by atoms with Crippen LogP contribution in [-0.2, 0) is 4.79 Å². The summed E-state index contributed by atoms with van der Waals surface area (Å²) in [5.74, 6) is 1.56. The van der Waals surface area contributed by atoms with Crippen LogP contribution in [0, 0.1) is 12.8 Å². The molecule has 0 aliphatic carbocycles. The van der Waals surface area contributed by atoms with Crippen molar-refractivity contribution in [3.63, 3.8) is 0 Å². The molecule has 0 saturated carbocycles. The molecule has 1 aliphatic rings. The monoisotopic (exact) mass is 295 g/mol. The third kappa shape index (κ3) is 3.79. The van der Waals surface area contributed by atoms with E-state index in [4.69, 9.17) is 4.52 Å². The number of rotatable bonds is 5. The molecule has 2 unspecified atom stereocenters. The maximum Gasteiger partial charge on any atom is 0.243 e. The van der Waals surface area contributed by atoms with Gasteiger partial charge in [-0.1, -0.05) is 12.1 Å². The number of amides is 1. The van der Waals surface area contributed by atoms with Gasteiger partial charge in [0, 0.05) is 38.6 Å². The number of hydrogen-bond donors (Lipinski definition) is 1. The van der Waals surface area contributed by atoms with Gasteiger partial charge in [-0.05, 0) is 20.9 Å². The minimum Gasteiger partial charge on any atom is -0.340 e. The lowest BCUT2D eigenvalue weighted by atomic mass is 10.1. The standard InChI is InChI=1S/C14H25N5O2/c1-10(9-15-4)14(20)19-7-5-18(6-8-19)11(2)13-16-12(3)17-21-13/h10-11,15H,5-9H2,1-4H3. The van der Waals surface area contributed by atoms with E-state index < -0.39 is 0 Å². The van der Waals surface area contributed by atoms with E-state index in [2.05, 4.69) is 27.3 Å².